The fourth-order valence-corrected chi connectivity index (χ4v) is 15.4. The Morgan fingerprint density at radius 2 is 0.662 bits per heavy atom. The Hall–Kier alpha value is -7.36. The topological polar surface area (TPSA) is 57.1 Å². The Balaban J connectivity index is 1.22. The molecule has 8 heteroatoms. The van der Waals surface area contributed by atoms with E-state index in [1.165, 1.54) is 12.1 Å². The van der Waals surface area contributed by atoms with Crippen LogP contribution in [0.25, 0.3) is 0 Å². The zero-order valence-corrected chi connectivity index (χ0v) is 37.5. The van der Waals surface area contributed by atoms with E-state index < -0.39 is 14.1 Å². The number of amides is 2. The number of urea groups is 1. The van der Waals surface area contributed by atoms with E-state index >= 15 is 0 Å². The minimum Gasteiger partial charge on any atom is -0.316 e. The molecule has 2 amide bonds. The maximum absolute atomic E-state index is 14.8. The molecule has 65 heavy (non-hydrogen) atoms. The lowest BCUT2D eigenvalue weighted by molar-refractivity contribution is 0.206. The van der Waals surface area contributed by atoms with Crippen LogP contribution in [0.5, 0.6) is 0 Å². The van der Waals surface area contributed by atoms with E-state index in [0.29, 0.717) is 5.69 Å². The highest BCUT2D eigenvalue weighted by Gasteiger charge is 2.30. The minimum absolute atomic E-state index is 0.218. The largest absolute Gasteiger partial charge is 0.322 e. The van der Waals surface area contributed by atoms with Gasteiger partial charge in [-0.3, -0.25) is 9.49 Å². The number of hydrogen-bond acceptors (Lipinski definition) is 3. The second-order valence-corrected chi connectivity index (χ2v) is 21.6. The fraction of sp³-hybridized carbons (Fsp3) is 0.0351. The molecule has 9 rings (SSSR count). The molecule has 0 aliphatic rings. The van der Waals surface area contributed by atoms with Crippen molar-refractivity contribution in [1.29, 1.82) is 0 Å². The molecule has 0 aliphatic carbocycles. The van der Waals surface area contributed by atoms with E-state index in [1.54, 1.807) is 17.0 Å². The van der Waals surface area contributed by atoms with Gasteiger partial charge in [-0.2, -0.15) is 0 Å². The number of rotatable bonds is 13. The summed E-state index contributed by atoms with van der Waals surface area (Å²) in [6, 6.07) is 84.9. The van der Waals surface area contributed by atoms with Gasteiger partial charge in [0.15, 0.2) is 0 Å². The Morgan fingerprint density at radius 1 is 0.385 bits per heavy atom. The Bertz CT molecular complexity index is 2710. The molecule has 0 spiro atoms. The van der Waals surface area contributed by atoms with Crippen molar-refractivity contribution in [3.63, 3.8) is 0 Å². The summed E-state index contributed by atoms with van der Waals surface area (Å²) in [6.07, 6.45) is 0. The molecule has 0 saturated heterocycles. The molecule has 318 valence electrons. The number of hydrogen-bond donors (Lipinski definition) is 1. The van der Waals surface area contributed by atoms with E-state index in [0.717, 1.165) is 54.3 Å². The van der Waals surface area contributed by atoms with Crippen LogP contribution in [0.3, 0.4) is 0 Å². The van der Waals surface area contributed by atoms with Gasteiger partial charge in [0.05, 0.1) is 25.5 Å². The monoisotopic (exact) mass is 884 g/mol. The van der Waals surface area contributed by atoms with Gasteiger partial charge in [-0.05, 0) is 47.5 Å². The summed E-state index contributed by atoms with van der Waals surface area (Å²) in [4.78, 5) is 16.6. The number of carbonyl (C=O) groups is 1. The summed E-state index contributed by atoms with van der Waals surface area (Å²) in [5.74, 6) is -0.380. The van der Waals surface area contributed by atoms with Crippen LogP contribution >= 0.6 is 14.1 Å². The first-order valence-electron chi connectivity index (χ1n) is 21.6. The van der Waals surface area contributed by atoms with Crippen molar-refractivity contribution in [1.82, 2.24) is 4.90 Å². The molecule has 0 heterocycles. The summed E-state index contributed by atoms with van der Waals surface area (Å²) in [6.45, 7) is 0.436. The molecule has 0 atom stereocenters. The molecule has 0 saturated carbocycles. The normalized spacial score (nSPS) is 11.3. The first-order valence-corrected chi connectivity index (χ1v) is 25.1. The summed E-state index contributed by atoms with van der Waals surface area (Å²) in [5.41, 5.74) is 3.82. The number of benzene rings is 9. The molecule has 0 fully saturated rings. The minimum atomic E-state index is -2.66. The molecule has 0 radical (unpaired) electrons. The van der Waals surface area contributed by atoms with Crippen molar-refractivity contribution < 1.29 is 9.18 Å². The third-order valence-corrected chi connectivity index (χ3v) is 18.7. The van der Waals surface area contributed by atoms with Gasteiger partial charge in [-0.15, -0.1) is 0 Å². The van der Waals surface area contributed by atoms with E-state index in [2.05, 4.69) is 175 Å². The smallest absolute Gasteiger partial charge is 0.316 e. The molecule has 0 unspecified atom stereocenters. The molecular weight excluding hydrogens is 838 g/mol. The molecule has 0 aliphatic heterocycles. The van der Waals surface area contributed by atoms with Gasteiger partial charge < -0.3 is 10.2 Å². The zero-order chi connectivity index (χ0) is 44.3. The molecule has 5 nitrogen and oxygen atoms in total. The molecule has 0 bridgehead atoms. The number of anilines is 1. The van der Waals surface area contributed by atoms with Crippen molar-refractivity contribution in [2.45, 2.75) is 13.1 Å². The predicted molar refractivity (Wildman–Crippen MR) is 272 cm³/mol. The van der Waals surface area contributed by atoms with E-state index in [-0.39, 0.29) is 24.9 Å². The lowest BCUT2D eigenvalue weighted by Crippen LogP contribution is -2.34. The van der Waals surface area contributed by atoms with E-state index in [4.69, 9.17) is 9.49 Å². The second-order valence-electron chi connectivity index (χ2n) is 15.5. The summed E-state index contributed by atoms with van der Waals surface area (Å²) < 4.78 is 25.9. The van der Waals surface area contributed by atoms with Crippen molar-refractivity contribution in [3.8, 4) is 0 Å². The lowest BCUT2D eigenvalue weighted by Gasteiger charge is -2.29. The maximum Gasteiger partial charge on any atom is 0.322 e. The quantitative estimate of drug-likeness (QED) is 0.115. The standard InChI is InChI=1S/C57H47FN4OP2/c58-47-39-41-48(42-40-47)59-57(63)62(43-45-23-19-21-37-55(45)60-64(49-25-7-1-8-26-49,50-27-9-2-10-28-50)51-29-11-3-12-30-51)44-46-24-20-22-38-56(46)61-65(52-31-13-4-14-32-52,53-33-15-5-16-34-53)54-35-17-6-18-36-54/h1-42H,43-44H2,(H,59,63). The van der Waals surface area contributed by atoms with Gasteiger partial charge in [0.25, 0.3) is 0 Å². The maximum atomic E-state index is 14.8. The van der Waals surface area contributed by atoms with Crippen molar-refractivity contribution in [3.05, 3.63) is 272 Å². The van der Waals surface area contributed by atoms with Crippen molar-refractivity contribution in [2.75, 3.05) is 5.32 Å². The van der Waals surface area contributed by atoms with Crippen LogP contribution in [-0.4, -0.2) is 10.9 Å². The number of nitrogens with one attached hydrogen (secondary N) is 1. The van der Waals surface area contributed by atoms with Crippen LogP contribution in [0.2, 0.25) is 0 Å². The van der Waals surface area contributed by atoms with E-state index in [1.807, 2.05) is 60.7 Å². The van der Waals surface area contributed by atoms with Gasteiger partial charge in [0.1, 0.15) is 5.82 Å². The fourth-order valence-electron chi connectivity index (χ4n) is 8.26. The summed E-state index contributed by atoms with van der Waals surface area (Å²) in [7, 11) is -5.31. The predicted octanol–water partition coefficient (Wildman–Crippen LogP) is 12.7. The Labute approximate surface area is 381 Å². The SMILES string of the molecule is O=C(Nc1ccc(F)cc1)N(Cc1ccccc1N=P(c1ccccc1)(c1ccccc1)c1ccccc1)Cc1ccccc1N=P(c1ccccc1)(c1ccccc1)c1ccccc1. The van der Waals surface area contributed by atoms with Gasteiger partial charge in [-0.1, -0.05) is 218 Å². The number of halogens is 1. The molecule has 1 N–H and O–H groups in total. The summed E-state index contributed by atoms with van der Waals surface area (Å²) in [5, 5.41) is 9.80. The molecule has 9 aromatic rings. The van der Waals surface area contributed by atoms with Crippen LogP contribution in [-0.2, 0) is 13.1 Å². The van der Waals surface area contributed by atoms with Crippen LogP contribution in [0.15, 0.2) is 264 Å². The Kier molecular flexibility index (Phi) is 13.2. The van der Waals surface area contributed by atoms with Crippen LogP contribution in [0.1, 0.15) is 11.1 Å². The third-order valence-electron chi connectivity index (χ3n) is 11.4. The number of carbonyl (C=O) groups excluding carboxylic acids is 1. The number of nitrogens with zero attached hydrogens (tertiary/aromatic N) is 3. The highest BCUT2D eigenvalue weighted by atomic mass is 31.2. The van der Waals surface area contributed by atoms with Crippen LogP contribution in [0, 0.1) is 5.82 Å². The van der Waals surface area contributed by atoms with Crippen LogP contribution < -0.4 is 37.1 Å². The van der Waals surface area contributed by atoms with Gasteiger partial charge in [0.2, 0.25) is 0 Å². The van der Waals surface area contributed by atoms with Crippen molar-refractivity contribution >= 4 is 69.0 Å². The molecule has 9 aromatic carbocycles. The zero-order valence-electron chi connectivity index (χ0n) is 35.7. The Morgan fingerprint density at radius 3 is 0.969 bits per heavy atom. The van der Waals surface area contributed by atoms with Gasteiger partial charge in [-0.25, -0.2) is 9.18 Å². The molecular formula is C57H47FN4OP2. The average Bonchev–Trinajstić information content (AvgIpc) is 3.38. The van der Waals surface area contributed by atoms with E-state index in [9.17, 15) is 9.18 Å². The second kappa shape index (κ2) is 20.0. The molecule has 0 aromatic heterocycles. The van der Waals surface area contributed by atoms with Crippen LogP contribution in [0.4, 0.5) is 26.2 Å². The third kappa shape index (κ3) is 9.33. The first-order chi connectivity index (χ1) is 32.0. The highest BCUT2D eigenvalue weighted by molar-refractivity contribution is 7.88. The van der Waals surface area contributed by atoms with Crippen molar-refractivity contribution in [2.24, 2.45) is 9.49 Å². The summed E-state index contributed by atoms with van der Waals surface area (Å²) >= 11 is 0. The van der Waals surface area contributed by atoms with Gasteiger partial charge >= 0.3 is 6.03 Å². The lowest BCUT2D eigenvalue weighted by atomic mass is 10.1. The highest BCUT2D eigenvalue weighted by Crippen LogP contribution is 2.51. The first kappa shape index (κ1) is 42.9. The average molecular weight is 885 g/mol. The van der Waals surface area contributed by atoms with Gasteiger partial charge in [0, 0.05) is 50.6 Å².